The summed E-state index contributed by atoms with van der Waals surface area (Å²) in [7, 11) is 1.74. The van der Waals surface area contributed by atoms with Gasteiger partial charge in [-0.2, -0.15) is 0 Å². The predicted octanol–water partition coefficient (Wildman–Crippen LogP) is 2.18. The van der Waals surface area contributed by atoms with Crippen molar-refractivity contribution in [3.05, 3.63) is 29.3 Å². The highest BCUT2D eigenvalue weighted by atomic mass is 35.5. The van der Waals surface area contributed by atoms with Gasteiger partial charge in [0.05, 0.1) is 10.7 Å². The summed E-state index contributed by atoms with van der Waals surface area (Å²) in [5.41, 5.74) is 0.721. The Morgan fingerprint density at radius 1 is 1.38 bits per heavy atom. The van der Waals surface area contributed by atoms with E-state index in [0.29, 0.717) is 23.9 Å². The quantitative estimate of drug-likeness (QED) is 0.882. The molecule has 2 saturated heterocycles. The van der Waals surface area contributed by atoms with Crippen LogP contribution in [0.2, 0.25) is 5.02 Å². The minimum Gasteiger partial charge on any atom is -0.333 e. The number of nitrogens with one attached hydrogen (secondary N) is 1. The molecule has 0 aliphatic carbocycles. The molecule has 0 saturated carbocycles. The summed E-state index contributed by atoms with van der Waals surface area (Å²) in [5.74, 6) is 0.327. The number of hydrogen-bond donors (Lipinski definition) is 1. The van der Waals surface area contributed by atoms with Crippen molar-refractivity contribution in [2.24, 2.45) is 11.8 Å². The molecule has 2 atom stereocenters. The number of hydrogen-bond acceptors (Lipinski definition) is 3. The zero-order valence-electron chi connectivity index (χ0n) is 13.9. The van der Waals surface area contributed by atoms with Gasteiger partial charge in [0.25, 0.3) is 0 Å². The zero-order valence-corrected chi connectivity index (χ0v) is 15.4. The lowest BCUT2D eigenvalue weighted by Crippen LogP contribution is -2.52. The number of nitrogens with zero attached hydrogens (tertiary/aromatic N) is 2. The lowest BCUT2D eigenvalue weighted by atomic mass is 9.87. The summed E-state index contributed by atoms with van der Waals surface area (Å²) in [5, 5.41) is 3.75. The Morgan fingerprint density at radius 3 is 2.62 bits per heavy atom. The molecule has 24 heavy (non-hydrogen) atoms. The Morgan fingerprint density at radius 2 is 2.04 bits per heavy atom. The summed E-state index contributed by atoms with van der Waals surface area (Å²) in [6.45, 7) is 4.30. The highest BCUT2D eigenvalue weighted by Gasteiger charge is 2.40. The van der Waals surface area contributed by atoms with E-state index >= 15 is 0 Å². The van der Waals surface area contributed by atoms with E-state index in [2.05, 4.69) is 5.32 Å². The van der Waals surface area contributed by atoms with Crippen LogP contribution in [0, 0.1) is 11.8 Å². The summed E-state index contributed by atoms with van der Waals surface area (Å²) in [6, 6.07) is 6.93. The number of benzene rings is 1. The maximum absolute atomic E-state index is 12.7. The minimum atomic E-state index is -0.394. The van der Waals surface area contributed by atoms with Gasteiger partial charge in [0.2, 0.25) is 11.8 Å². The van der Waals surface area contributed by atoms with Crippen LogP contribution in [0.4, 0.5) is 5.69 Å². The second kappa shape index (κ2) is 7.72. The maximum atomic E-state index is 12.7. The van der Waals surface area contributed by atoms with Gasteiger partial charge in [-0.15, -0.1) is 12.4 Å². The summed E-state index contributed by atoms with van der Waals surface area (Å²) in [4.78, 5) is 28.7. The minimum absolute atomic E-state index is 0. The van der Waals surface area contributed by atoms with Crippen molar-refractivity contribution in [3.8, 4) is 0 Å². The van der Waals surface area contributed by atoms with Crippen molar-refractivity contribution in [3.63, 3.8) is 0 Å². The average Bonchev–Trinajstić information content (AvgIpc) is 2.86. The van der Waals surface area contributed by atoms with Crippen molar-refractivity contribution in [1.82, 2.24) is 10.2 Å². The molecule has 2 fully saturated rings. The molecule has 132 valence electrons. The van der Waals surface area contributed by atoms with Crippen LogP contribution < -0.4 is 10.2 Å². The van der Waals surface area contributed by atoms with Gasteiger partial charge in [0.15, 0.2) is 0 Å². The second-order valence-electron chi connectivity index (χ2n) is 6.40. The van der Waals surface area contributed by atoms with Gasteiger partial charge in [-0.3, -0.25) is 9.59 Å². The fourth-order valence-corrected chi connectivity index (χ4v) is 3.51. The van der Waals surface area contributed by atoms with Gasteiger partial charge in [-0.1, -0.05) is 30.7 Å². The number of rotatable bonds is 4. The third-order valence-corrected chi connectivity index (χ3v) is 5.36. The first-order valence-electron chi connectivity index (χ1n) is 8.04. The van der Waals surface area contributed by atoms with Crippen LogP contribution in [0.3, 0.4) is 0 Å². The van der Waals surface area contributed by atoms with E-state index in [4.69, 9.17) is 11.6 Å². The maximum Gasteiger partial charge on any atom is 0.249 e. The molecule has 2 aliphatic rings. The van der Waals surface area contributed by atoms with Crippen molar-refractivity contribution in [2.45, 2.75) is 19.4 Å². The molecule has 2 amide bonds. The first-order chi connectivity index (χ1) is 11.0. The number of para-hydroxylation sites is 1. The number of carbonyl (C=O) groups excluding carboxylic acids is 2. The molecule has 0 bridgehead atoms. The van der Waals surface area contributed by atoms with E-state index < -0.39 is 6.04 Å². The molecule has 7 heteroatoms. The van der Waals surface area contributed by atoms with E-state index in [-0.39, 0.29) is 30.1 Å². The Kier molecular flexibility index (Phi) is 6.12. The smallest absolute Gasteiger partial charge is 0.249 e. The highest BCUT2D eigenvalue weighted by molar-refractivity contribution is 6.34. The van der Waals surface area contributed by atoms with Crippen LogP contribution in [0.5, 0.6) is 0 Å². The molecule has 5 nitrogen and oxygen atoms in total. The van der Waals surface area contributed by atoms with Gasteiger partial charge in [-0.05, 0) is 37.6 Å². The van der Waals surface area contributed by atoms with Crippen LogP contribution >= 0.6 is 24.0 Å². The fourth-order valence-electron chi connectivity index (χ4n) is 3.28. The van der Waals surface area contributed by atoms with Crippen LogP contribution in [0.1, 0.15) is 13.3 Å². The predicted molar refractivity (Wildman–Crippen MR) is 97.8 cm³/mol. The molecule has 3 rings (SSSR count). The van der Waals surface area contributed by atoms with Crippen molar-refractivity contribution < 1.29 is 9.59 Å². The SMILES string of the molecule is CC(C(=O)N(C)C1CCN(c2ccccc2Cl)C1=O)C1CNC1.Cl. The Hall–Kier alpha value is -1.30. The monoisotopic (exact) mass is 371 g/mol. The topological polar surface area (TPSA) is 52.7 Å². The van der Waals surface area contributed by atoms with Gasteiger partial charge in [0, 0.05) is 19.5 Å². The standard InChI is InChI=1S/C17H22ClN3O2.ClH/c1-11(12-9-19-10-12)16(22)20(2)15-7-8-21(17(15)23)14-6-4-3-5-13(14)18;/h3-6,11-12,15,19H,7-10H2,1-2H3;1H. The first-order valence-corrected chi connectivity index (χ1v) is 8.41. The van der Waals surface area contributed by atoms with Crippen molar-refractivity contribution in [2.75, 3.05) is 31.6 Å². The zero-order chi connectivity index (χ0) is 16.6. The van der Waals surface area contributed by atoms with E-state index in [1.165, 1.54) is 0 Å². The number of halogens is 2. The number of anilines is 1. The molecule has 0 radical (unpaired) electrons. The highest BCUT2D eigenvalue weighted by Crippen LogP contribution is 2.31. The van der Waals surface area contributed by atoms with Gasteiger partial charge >= 0.3 is 0 Å². The normalized spacial score (nSPS) is 21.9. The summed E-state index contributed by atoms with van der Waals surface area (Å²) in [6.07, 6.45) is 0.641. The van der Waals surface area contributed by atoms with Gasteiger partial charge in [-0.25, -0.2) is 0 Å². The molecule has 1 N–H and O–H groups in total. The lowest BCUT2D eigenvalue weighted by molar-refractivity contribution is -0.141. The van der Waals surface area contributed by atoms with Crippen LogP contribution in [-0.4, -0.2) is 49.4 Å². The number of likely N-dealkylation sites (N-methyl/N-ethyl adjacent to an activating group) is 1. The molecule has 0 aromatic heterocycles. The van der Waals surface area contributed by atoms with E-state index in [1.807, 2.05) is 25.1 Å². The third-order valence-electron chi connectivity index (χ3n) is 5.05. The van der Waals surface area contributed by atoms with E-state index in [1.54, 1.807) is 22.9 Å². The molecule has 2 heterocycles. The molecule has 2 unspecified atom stereocenters. The van der Waals surface area contributed by atoms with Crippen LogP contribution in [0.15, 0.2) is 24.3 Å². The largest absolute Gasteiger partial charge is 0.333 e. The average molecular weight is 372 g/mol. The Bertz CT molecular complexity index is 622. The first kappa shape index (κ1) is 19.0. The molecule has 0 spiro atoms. The number of amides is 2. The molecule has 2 aliphatic heterocycles. The fraction of sp³-hybridized carbons (Fsp3) is 0.529. The van der Waals surface area contributed by atoms with E-state index in [9.17, 15) is 9.59 Å². The van der Waals surface area contributed by atoms with Crippen molar-refractivity contribution >= 4 is 41.5 Å². The molecule has 1 aromatic rings. The van der Waals surface area contributed by atoms with Gasteiger partial charge in [0.1, 0.15) is 6.04 Å². The summed E-state index contributed by atoms with van der Waals surface area (Å²) < 4.78 is 0. The second-order valence-corrected chi connectivity index (χ2v) is 6.81. The van der Waals surface area contributed by atoms with Gasteiger partial charge < -0.3 is 15.1 Å². The Labute approximate surface area is 153 Å². The van der Waals surface area contributed by atoms with Crippen LogP contribution in [0.25, 0.3) is 0 Å². The van der Waals surface area contributed by atoms with E-state index in [0.717, 1.165) is 18.8 Å². The van der Waals surface area contributed by atoms with Crippen LogP contribution in [-0.2, 0) is 9.59 Å². The molecule has 1 aromatic carbocycles. The lowest BCUT2D eigenvalue weighted by Gasteiger charge is -2.35. The van der Waals surface area contributed by atoms with Crippen molar-refractivity contribution in [1.29, 1.82) is 0 Å². The summed E-state index contributed by atoms with van der Waals surface area (Å²) >= 11 is 6.20. The third kappa shape index (κ3) is 3.39. The Balaban J connectivity index is 0.00000208. The number of carbonyl (C=O) groups is 2. The molecular formula is C17H23Cl2N3O2. The molecular weight excluding hydrogens is 349 g/mol.